The number of carbonyl (C=O) groups is 3. The van der Waals surface area contributed by atoms with E-state index in [1.54, 1.807) is 24.3 Å². The van der Waals surface area contributed by atoms with E-state index in [9.17, 15) is 19.2 Å². The zero-order chi connectivity index (χ0) is 21.5. The molecule has 1 saturated carbocycles. The Hall–Kier alpha value is -3.10. The summed E-state index contributed by atoms with van der Waals surface area (Å²) in [4.78, 5) is 47.5. The van der Waals surface area contributed by atoms with Crippen molar-refractivity contribution in [3.05, 3.63) is 34.8 Å². The van der Waals surface area contributed by atoms with Crippen LogP contribution in [0.4, 0.5) is 4.79 Å². The van der Waals surface area contributed by atoms with Crippen LogP contribution in [-0.2, 0) is 20.9 Å². The van der Waals surface area contributed by atoms with Crippen LogP contribution < -0.4 is 16.4 Å². The second-order valence-corrected chi connectivity index (χ2v) is 7.64. The number of urea groups is 1. The molecule has 1 fully saturated rings. The molecule has 1 aliphatic rings. The zero-order valence-corrected chi connectivity index (χ0v) is 17.0. The summed E-state index contributed by atoms with van der Waals surface area (Å²) in [5.41, 5.74) is 1.15. The van der Waals surface area contributed by atoms with Crippen molar-refractivity contribution in [3.63, 3.8) is 0 Å². The predicted molar refractivity (Wildman–Crippen MR) is 109 cm³/mol. The van der Waals surface area contributed by atoms with Gasteiger partial charge in [0.25, 0.3) is 5.91 Å². The lowest BCUT2D eigenvalue weighted by atomic mass is 9.86. The van der Waals surface area contributed by atoms with Gasteiger partial charge in [-0.25, -0.2) is 9.59 Å². The van der Waals surface area contributed by atoms with Gasteiger partial charge in [0.2, 0.25) is 0 Å². The Morgan fingerprint density at radius 2 is 1.97 bits per heavy atom. The first-order valence-electron chi connectivity index (χ1n) is 10.3. The highest BCUT2D eigenvalue weighted by Crippen LogP contribution is 2.23. The lowest BCUT2D eigenvalue weighted by Gasteiger charge is -2.29. The Balaban J connectivity index is 1.36. The van der Waals surface area contributed by atoms with E-state index in [0.29, 0.717) is 30.0 Å². The highest BCUT2D eigenvalue weighted by molar-refractivity contribution is 5.95. The van der Waals surface area contributed by atoms with E-state index in [4.69, 9.17) is 9.15 Å². The van der Waals surface area contributed by atoms with Crippen LogP contribution in [0.15, 0.2) is 33.5 Å². The molecule has 0 aliphatic heterocycles. The van der Waals surface area contributed by atoms with Gasteiger partial charge in [0.1, 0.15) is 0 Å². The molecule has 30 heavy (non-hydrogen) atoms. The van der Waals surface area contributed by atoms with Gasteiger partial charge < -0.3 is 14.5 Å². The number of amides is 3. The molecule has 1 aromatic heterocycles. The number of aryl methyl sites for hydroxylation is 1. The third kappa shape index (κ3) is 5.71. The van der Waals surface area contributed by atoms with Gasteiger partial charge in [-0.2, -0.15) is 0 Å². The van der Waals surface area contributed by atoms with Crippen LogP contribution >= 0.6 is 0 Å². The monoisotopic (exact) mass is 417 g/mol. The molecule has 0 saturated heterocycles. The van der Waals surface area contributed by atoms with E-state index in [1.165, 1.54) is 4.57 Å². The Morgan fingerprint density at radius 3 is 2.77 bits per heavy atom. The number of nitrogens with one attached hydrogen (secondary N) is 2. The van der Waals surface area contributed by atoms with E-state index in [1.807, 2.05) is 0 Å². The number of rotatable bonds is 7. The average Bonchev–Trinajstić information content (AvgIpc) is 3.03. The molecule has 9 nitrogen and oxygen atoms in total. The summed E-state index contributed by atoms with van der Waals surface area (Å²) in [6.07, 6.45) is 4.54. The van der Waals surface area contributed by atoms with Crippen molar-refractivity contribution in [2.45, 2.75) is 58.0 Å². The van der Waals surface area contributed by atoms with Crippen LogP contribution in [0.25, 0.3) is 11.1 Å². The highest BCUT2D eigenvalue weighted by atomic mass is 16.5. The Bertz CT molecular complexity index is 963. The second-order valence-electron chi connectivity index (χ2n) is 7.64. The van der Waals surface area contributed by atoms with Crippen LogP contribution in [0, 0.1) is 5.92 Å². The summed E-state index contributed by atoms with van der Waals surface area (Å²) in [5, 5.41) is 4.99. The standard InChI is InChI=1S/C21H27N3O6/c1-14-7-2-3-8-15(14)22-20(27)23-18(25)13-29-19(26)11-6-12-24-16-9-4-5-10-17(16)30-21(24)28/h4-5,9-10,14-15H,2-3,6-8,11-13H2,1H3,(H2,22,23,25,27). The minimum atomic E-state index is -0.679. The first-order valence-corrected chi connectivity index (χ1v) is 10.3. The molecule has 1 heterocycles. The third-order valence-corrected chi connectivity index (χ3v) is 5.38. The lowest BCUT2D eigenvalue weighted by Crippen LogP contribution is -2.48. The van der Waals surface area contributed by atoms with Gasteiger partial charge >= 0.3 is 17.8 Å². The SMILES string of the molecule is CC1CCCCC1NC(=O)NC(=O)COC(=O)CCCn1c(=O)oc2ccccc21. The smallest absolute Gasteiger partial charge is 0.419 e. The Morgan fingerprint density at radius 1 is 1.20 bits per heavy atom. The average molecular weight is 417 g/mol. The van der Waals surface area contributed by atoms with Crippen molar-refractivity contribution >= 4 is 29.0 Å². The molecule has 0 spiro atoms. The fourth-order valence-corrected chi connectivity index (χ4v) is 3.72. The quantitative estimate of drug-likeness (QED) is 0.667. The van der Waals surface area contributed by atoms with Crippen LogP contribution in [0.1, 0.15) is 45.4 Å². The second kappa shape index (κ2) is 10.1. The zero-order valence-electron chi connectivity index (χ0n) is 17.0. The van der Waals surface area contributed by atoms with Crippen molar-refractivity contribution in [2.24, 2.45) is 5.92 Å². The van der Waals surface area contributed by atoms with Crippen LogP contribution in [0.5, 0.6) is 0 Å². The van der Waals surface area contributed by atoms with Crippen molar-refractivity contribution in [1.29, 1.82) is 0 Å². The number of hydrogen-bond donors (Lipinski definition) is 2. The predicted octanol–water partition coefficient (Wildman–Crippen LogP) is 2.32. The number of carbonyl (C=O) groups excluding carboxylic acids is 3. The molecular weight excluding hydrogens is 390 g/mol. The number of ether oxygens (including phenoxy) is 1. The van der Waals surface area contributed by atoms with E-state index < -0.39 is 30.3 Å². The fourth-order valence-electron chi connectivity index (χ4n) is 3.72. The van der Waals surface area contributed by atoms with E-state index in [0.717, 1.165) is 25.7 Å². The molecular formula is C21H27N3O6. The van der Waals surface area contributed by atoms with Gasteiger partial charge in [-0.3, -0.25) is 19.5 Å². The molecule has 3 rings (SSSR count). The number of benzene rings is 1. The maximum atomic E-state index is 11.9. The van der Waals surface area contributed by atoms with Crippen molar-refractivity contribution in [2.75, 3.05) is 6.61 Å². The van der Waals surface area contributed by atoms with E-state index >= 15 is 0 Å². The number of esters is 1. The summed E-state index contributed by atoms with van der Waals surface area (Å²) in [7, 11) is 0. The van der Waals surface area contributed by atoms with Gasteiger partial charge in [0.05, 0.1) is 5.52 Å². The normalized spacial score (nSPS) is 18.7. The molecule has 2 N–H and O–H groups in total. The molecule has 3 amide bonds. The van der Waals surface area contributed by atoms with Crippen molar-refractivity contribution in [1.82, 2.24) is 15.2 Å². The topological polar surface area (TPSA) is 120 Å². The van der Waals surface area contributed by atoms with Gasteiger partial charge in [0.15, 0.2) is 12.2 Å². The maximum absolute atomic E-state index is 11.9. The number of oxazole rings is 1. The van der Waals surface area contributed by atoms with E-state index in [2.05, 4.69) is 17.6 Å². The molecule has 2 atom stereocenters. The fraction of sp³-hybridized carbons (Fsp3) is 0.524. The van der Waals surface area contributed by atoms with Gasteiger partial charge in [-0.15, -0.1) is 0 Å². The Labute approximate surface area is 173 Å². The number of aromatic nitrogens is 1. The summed E-state index contributed by atoms with van der Waals surface area (Å²) in [6, 6.07) is 6.52. The molecule has 162 valence electrons. The van der Waals surface area contributed by atoms with Gasteiger partial charge in [0, 0.05) is 19.0 Å². The minimum absolute atomic E-state index is 0.0328. The molecule has 1 aromatic carbocycles. The Kier molecular flexibility index (Phi) is 7.26. The molecule has 0 bridgehead atoms. The minimum Gasteiger partial charge on any atom is -0.456 e. The first kappa shape index (κ1) is 21.6. The van der Waals surface area contributed by atoms with Gasteiger partial charge in [-0.05, 0) is 37.3 Å². The van der Waals surface area contributed by atoms with Crippen molar-refractivity contribution < 1.29 is 23.5 Å². The summed E-state index contributed by atoms with van der Waals surface area (Å²) in [6.45, 7) is 1.84. The third-order valence-electron chi connectivity index (χ3n) is 5.38. The number of fused-ring (bicyclic) bond motifs is 1. The summed E-state index contributed by atoms with van der Waals surface area (Å²) in [5.74, 6) is -1.37. The van der Waals surface area contributed by atoms with Crippen LogP contribution in [0.3, 0.4) is 0 Å². The number of imide groups is 1. The molecule has 2 unspecified atom stereocenters. The first-order chi connectivity index (χ1) is 14.4. The molecule has 2 aromatic rings. The van der Waals surface area contributed by atoms with Crippen LogP contribution in [0.2, 0.25) is 0 Å². The summed E-state index contributed by atoms with van der Waals surface area (Å²) < 4.78 is 11.5. The van der Waals surface area contributed by atoms with Crippen LogP contribution in [-0.4, -0.2) is 35.1 Å². The van der Waals surface area contributed by atoms with E-state index in [-0.39, 0.29) is 12.5 Å². The molecule has 1 aliphatic carbocycles. The molecule has 9 heteroatoms. The van der Waals surface area contributed by atoms with Gasteiger partial charge in [-0.1, -0.05) is 31.9 Å². The largest absolute Gasteiger partial charge is 0.456 e. The number of hydrogen-bond acceptors (Lipinski definition) is 6. The summed E-state index contributed by atoms with van der Waals surface area (Å²) >= 11 is 0. The number of para-hydroxylation sites is 2. The highest BCUT2D eigenvalue weighted by Gasteiger charge is 2.23. The van der Waals surface area contributed by atoms with Crippen molar-refractivity contribution in [3.8, 4) is 0 Å². The molecule has 0 radical (unpaired) electrons. The maximum Gasteiger partial charge on any atom is 0.419 e. The lowest BCUT2D eigenvalue weighted by molar-refractivity contribution is -0.148. The number of nitrogens with zero attached hydrogens (tertiary/aromatic N) is 1.